The Hall–Kier alpha value is 0.710. The van der Waals surface area contributed by atoms with Crippen LogP contribution in [-0.4, -0.2) is 25.7 Å². The lowest BCUT2D eigenvalue weighted by Gasteiger charge is -2.10. The quantitative estimate of drug-likeness (QED) is 0.478. The third kappa shape index (κ3) is 4.92. The van der Waals surface area contributed by atoms with E-state index < -0.39 is 0 Å². The Kier molecular flexibility index (Phi) is 7.32. The van der Waals surface area contributed by atoms with Crippen LogP contribution < -0.4 is 4.74 Å². The summed E-state index contributed by atoms with van der Waals surface area (Å²) in [7, 11) is 0. The number of benzene rings is 1. The van der Waals surface area contributed by atoms with Gasteiger partial charge in [-0.25, -0.2) is 0 Å². The first kappa shape index (κ1) is 14.8. The monoisotopic (exact) mass is 434 g/mol. The maximum absolute atomic E-state index is 5.59. The Bertz CT molecular complexity index is 324. The molecule has 0 amide bonds. The first-order valence-corrected chi connectivity index (χ1v) is 7.47. The summed E-state index contributed by atoms with van der Waals surface area (Å²) in [5.74, 6) is 1.28. The van der Waals surface area contributed by atoms with Crippen LogP contribution in [0.25, 0.3) is 0 Å². The standard InChI is InChI=1S/C10H10Br3ClO2/c11-7-5-8(12)10(9(13)6-7)16-4-3-15-2-1-14/h5-6H,1-4H2. The van der Waals surface area contributed by atoms with Gasteiger partial charge in [0.25, 0.3) is 0 Å². The van der Waals surface area contributed by atoms with E-state index >= 15 is 0 Å². The second-order valence-electron chi connectivity index (χ2n) is 2.85. The summed E-state index contributed by atoms with van der Waals surface area (Å²) in [5.41, 5.74) is 0. The van der Waals surface area contributed by atoms with Gasteiger partial charge in [0.05, 0.1) is 22.2 Å². The van der Waals surface area contributed by atoms with Crippen molar-refractivity contribution in [2.45, 2.75) is 0 Å². The van der Waals surface area contributed by atoms with Gasteiger partial charge in [0.2, 0.25) is 0 Å². The van der Waals surface area contributed by atoms with Crippen LogP contribution in [0.3, 0.4) is 0 Å². The second kappa shape index (κ2) is 7.93. The molecule has 0 saturated heterocycles. The predicted octanol–water partition coefficient (Wildman–Crippen LogP) is 4.61. The van der Waals surface area contributed by atoms with Crippen LogP contribution in [0.2, 0.25) is 0 Å². The molecule has 1 rings (SSSR count). The van der Waals surface area contributed by atoms with Gasteiger partial charge in [-0.1, -0.05) is 15.9 Å². The van der Waals surface area contributed by atoms with Crippen LogP contribution >= 0.6 is 59.4 Å². The van der Waals surface area contributed by atoms with Crippen LogP contribution in [0, 0.1) is 0 Å². The fourth-order valence-corrected chi connectivity index (χ4v) is 3.62. The van der Waals surface area contributed by atoms with Gasteiger partial charge in [0.1, 0.15) is 12.4 Å². The van der Waals surface area contributed by atoms with Gasteiger partial charge in [0, 0.05) is 10.4 Å². The van der Waals surface area contributed by atoms with Gasteiger partial charge in [-0.15, -0.1) is 11.6 Å². The number of ether oxygens (including phenoxy) is 2. The van der Waals surface area contributed by atoms with Crippen LogP contribution in [0.15, 0.2) is 25.6 Å². The van der Waals surface area contributed by atoms with E-state index in [2.05, 4.69) is 47.8 Å². The molecule has 0 saturated carbocycles. The molecule has 0 aromatic heterocycles. The molecular formula is C10H10Br3ClO2. The predicted molar refractivity (Wildman–Crippen MR) is 76.6 cm³/mol. The molecule has 0 aliphatic carbocycles. The summed E-state index contributed by atoms with van der Waals surface area (Å²) in [6.45, 7) is 1.57. The number of rotatable bonds is 6. The molecule has 1 aromatic carbocycles. The lowest BCUT2D eigenvalue weighted by Crippen LogP contribution is -2.08. The first-order chi connectivity index (χ1) is 7.65. The molecule has 0 fully saturated rings. The Morgan fingerprint density at radius 3 is 2.19 bits per heavy atom. The third-order valence-corrected chi connectivity index (χ3v) is 3.45. The number of alkyl halides is 1. The van der Waals surface area contributed by atoms with E-state index in [1.54, 1.807) is 0 Å². The van der Waals surface area contributed by atoms with Crippen LogP contribution in [-0.2, 0) is 4.74 Å². The number of hydrogen-bond donors (Lipinski definition) is 0. The van der Waals surface area contributed by atoms with Gasteiger partial charge in [-0.3, -0.25) is 0 Å². The van der Waals surface area contributed by atoms with Gasteiger partial charge in [-0.05, 0) is 44.0 Å². The SMILES string of the molecule is ClCCOCCOc1c(Br)cc(Br)cc1Br. The number of hydrogen-bond acceptors (Lipinski definition) is 2. The highest BCUT2D eigenvalue weighted by Gasteiger charge is 2.07. The highest BCUT2D eigenvalue weighted by Crippen LogP contribution is 2.36. The van der Waals surface area contributed by atoms with Crippen molar-refractivity contribution in [1.82, 2.24) is 0 Å². The van der Waals surface area contributed by atoms with Crippen molar-refractivity contribution in [3.63, 3.8) is 0 Å². The summed E-state index contributed by atoms with van der Waals surface area (Å²) in [5, 5.41) is 0. The maximum atomic E-state index is 5.59. The zero-order valence-corrected chi connectivity index (χ0v) is 13.8. The van der Waals surface area contributed by atoms with Crippen LogP contribution in [0.5, 0.6) is 5.75 Å². The molecule has 0 aliphatic heterocycles. The second-order valence-corrected chi connectivity index (χ2v) is 5.85. The van der Waals surface area contributed by atoms with Gasteiger partial charge >= 0.3 is 0 Å². The molecule has 2 nitrogen and oxygen atoms in total. The third-order valence-electron chi connectivity index (χ3n) is 1.66. The van der Waals surface area contributed by atoms with E-state index in [1.165, 1.54) is 0 Å². The Morgan fingerprint density at radius 1 is 1.00 bits per heavy atom. The fraction of sp³-hybridized carbons (Fsp3) is 0.400. The Labute approximate surface area is 125 Å². The normalized spacial score (nSPS) is 10.5. The molecule has 90 valence electrons. The van der Waals surface area contributed by atoms with Crippen molar-refractivity contribution in [2.75, 3.05) is 25.7 Å². The van der Waals surface area contributed by atoms with E-state index in [4.69, 9.17) is 21.1 Å². The molecule has 6 heteroatoms. The smallest absolute Gasteiger partial charge is 0.147 e. The van der Waals surface area contributed by atoms with Crippen molar-refractivity contribution in [2.24, 2.45) is 0 Å². The van der Waals surface area contributed by atoms with Crippen molar-refractivity contribution in [1.29, 1.82) is 0 Å². The zero-order chi connectivity index (χ0) is 12.0. The van der Waals surface area contributed by atoms with E-state index in [0.29, 0.717) is 25.7 Å². The molecule has 0 atom stereocenters. The first-order valence-electron chi connectivity index (χ1n) is 4.56. The molecule has 0 spiro atoms. The largest absolute Gasteiger partial charge is 0.489 e. The highest BCUT2D eigenvalue weighted by atomic mass is 79.9. The molecule has 0 heterocycles. The van der Waals surface area contributed by atoms with Crippen molar-refractivity contribution in [3.8, 4) is 5.75 Å². The van der Waals surface area contributed by atoms with Crippen molar-refractivity contribution < 1.29 is 9.47 Å². The van der Waals surface area contributed by atoms with Gasteiger partial charge in [-0.2, -0.15) is 0 Å². The van der Waals surface area contributed by atoms with Crippen molar-refractivity contribution in [3.05, 3.63) is 25.6 Å². The van der Waals surface area contributed by atoms with Crippen LogP contribution in [0.1, 0.15) is 0 Å². The summed E-state index contributed by atoms with van der Waals surface area (Å²) >= 11 is 15.7. The van der Waals surface area contributed by atoms with Crippen molar-refractivity contribution >= 4 is 59.4 Å². The minimum Gasteiger partial charge on any atom is -0.489 e. The Morgan fingerprint density at radius 2 is 1.62 bits per heavy atom. The molecule has 0 bridgehead atoms. The summed E-state index contributed by atoms with van der Waals surface area (Å²) in [4.78, 5) is 0. The van der Waals surface area contributed by atoms with E-state index in [9.17, 15) is 0 Å². The molecular weight excluding hydrogens is 427 g/mol. The molecule has 0 unspecified atom stereocenters. The molecule has 0 N–H and O–H groups in total. The van der Waals surface area contributed by atoms with E-state index in [0.717, 1.165) is 19.2 Å². The fourth-order valence-electron chi connectivity index (χ4n) is 1.03. The van der Waals surface area contributed by atoms with E-state index in [1.807, 2.05) is 12.1 Å². The minimum atomic E-state index is 0.496. The molecule has 16 heavy (non-hydrogen) atoms. The average molecular weight is 437 g/mol. The average Bonchev–Trinajstić information content (AvgIpc) is 2.20. The number of halogens is 4. The minimum absolute atomic E-state index is 0.496. The van der Waals surface area contributed by atoms with E-state index in [-0.39, 0.29) is 0 Å². The summed E-state index contributed by atoms with van der Waals surface area (Å²) in [6, 6.07) is 3.86. The van der Waals surface area contributed by atoms with Gasteiger partial charge in [0.15, 0.2) is 0 Å². The highest BCUT2D eigenvalue weighted by molar-refractivity contribution is 9.11. The molecule has 0 aliphatic rings. The lowest BCUT2D eigenvalue weighted by atomic mass is 10.3. The summed E-state index contributed by atoms with van der Waals surface area (Å²) in [6.07, 6.45) is 0. The van der Waals surface area contributed by atoms with Crippen LogP contribution in [0.4, 0.5) is 0 Å². The molecule has 1 aromatic rings. The maximum Gasteiger partial charge on any atom is 0.147 e. The van der Waals surface area contributed by atoms with Gasteiger partial charge < -0.3 is 9.47 Å². The summed E-state index contributed by atoms with van der Waals surface area (Å²) < 4.78 is 13.6. The topological polar surface area (TPSA) is 18.5 Å². The zero-order valence-electron chi connectivity index (χ0n) is 8.31. The molecule has 0 radical (unpaired) electrons. The Balaban J connectivity index is 2.47. The lowest BCUT2D eigenvalue weighted by molar-refractivity contribution is 0.111.